The highest BCUT2D eigenvalue weighted by Crippen LogP contribution is 2.60. The molecule has 192 valence electrons. The van der Waals surface area contributed by atoms with Gasteiger partial charge in [0.15, 0.2) is 0 Å². The summed E-state index contributed by atoms with van der Waals surface area (Å²) >= 11 is 0. The lowest BCUT2D eigenvalue weighted by molar-refractivity contribution is 0.228. The Morgan fingerprint density at radius 1 is 0.459 bits per heavy atom. The standard InChI is InChI=1S/C35H42P2/c1-5-27-35(28-6-2,29(3)36(31-19-11-7-12-20-31)32-21-13-8-14-22-32)30(4)37(33-23-15-9-16-24-33)34-25-17-10-18-26-34/h7-26,29-30H,5-6,27-28H2,1-4H3. The summed E-state index contributed by atoms with van der Waals surface area (Å²) < 4.78 is 0. The first-order chi connectivity index (χ1) is 18.1. The van der Waals surface area contributed by atoms with E-state index in [1.165, 1.54) is 46.9 Å². The highest BCUT2D eigenvalue weighted by Gasteiger charge is 2.46. The Bertz CT molecular complexity index is 999. The maximum Gasteiger partial charge on any atom is -0.00944 e. The summed E-state index contributed by atoms with van der Waals surface area (Å²) in [7, 11) is -1.02. The van der Waals surface area contributed by atoms with Crippen molar-refractivity contribution in [2.45, 2.75) is 64.7 Å². The molecule has 0 radical (unpaired) electrons. The molecule has 0 nitrogen and oxygen atoms in total. The molecule has 0 bridgehead atoms. The van der Waals surface area contributed by atoms with Crippen molar-refractivity contribution in [3.05, 3.63) is 121 Å². The van der Waals surface area contributed by atoms with Gasteiger partial charge in [0.1, 0.15) is 0 Å². The van der Waals surface area contributed by atoms with Crippen LogP contribution in [0.25, 0.3) is 0 Å². The largest absolute Gasteiger partial charge is 0.0654 e. The van der Waals surface area contributed by atoms with E-state index in [0.717, 1.165) is 0 Å². The first-order valence-corrected chi connectivity index (χ1v) is 16.7. The predicted molar refractivity (Wildman–Crippen MR) is 169 cm³/mol. The van der Waals surface area contributed by atoms with Gasteiger partial charge < -0.3 is 0 Å². The molecule has 0 fully saturated rings. The molecule has 4 aromatic carbocycles. The fourth-order valence-corrected chi connectivity index (χ4v) is 12.8. The minimum absolute atomic E-state index is 0.234. The summed E-state index contributed by atoms with van der Waals surface area (Å²) in [6, 6.07) is 45.5. The Morgan fingerprint density at radius 3 is 0.919 bits per heavy atom. The predicted octanol–water partition coefficient (Wildman–Crippen LogP) is 8.62. The number of hydrogen-bond acceptors (Lipinski definition) is 0. The number of rotatable bonds is 12. The molecule has 0 aliphatic carbocycles. The van der Waals surface area contributed by atoms with Gasteiger partial charge in [-0.3, -0.25) is 0 Å². The van der Waals surface area contributed by atoms with E-state index in [1.54, 1.807) is 0 Å². The van der Waals surface area contributed by atoms with Crippen molar-refractivity contribution in [2.24, 2.45) is 5.41 Å². The molecule has 2 heteroatoms. The summed E-state index contributed by atoms with van der Waals surface area (Å²) in [6.45, 7) is 9.98. The van der Waals surface area contributed by atoms with Crippen LogP contribution in [-0.2, 0) is 0 Å². The van der Waals surface area contributed by atoms with E-state index in [2.05, 4.69) is 149 Å². The third kappa shape index (κ3) is 6.25. The smallest absolute Gasteiger partial charge is 0.00944 e. The van der Waals surface area contributed by atoms with Crippen LogP contribution in [0.4, 0.5) is 0 Å². The van der Waals surface area contributed by atoms with Gasteiger partial charge >= 0.3 is 0 Å². The molecule has 4 aromatic rings. The molecule has 2 unspecified atom stereocenters. The average molecular weight is 525 g/mol. The van der Waals surface area contributed by atoms with E-state index in [9.17, 15) is 0 Å². The van der Waals surface area contributed by atoms with Crippen LogP contribution in [-0.4, -0.2) is 11.3 Å². The van der Waals surface area contributed by atoms with Crippen molar-refractivity contribution in [3.8, 4) is 0 Å². The van der Waals surface area contributed by atoms with Gasteiger partial charge in [-0.1, -0.05) is 162 Å². The molecule has 0 aromatic heterocycles. The fourth-order valence-electron chi connectivity index (χ4n) is 6.30. The van der Waals surface area contributed by atoms with E-state index < -0.39 is 15.8 Å². The monoisotopic (exact) mass is 524 g/mol. The van der Waals surface area contributed by atoms with E-state index in [4.69, 9.17) is 0 Å². The molecule has 4 rings (SSSR count). The Hall–Kier alpha value is -2.26. The molecule has 0 heterocycles. The third-order valence-corrected chi connectivity index (χ3v) is 14.0. The lowest BCUT2D eigenvalue weighted by Crippen LogP contribution is -2.45. The first-order valence-electron chi connectivity index (χ1n) is 13.9. The molecule has 0 amide bonds. The second-order valence-corrected chi connectivity index (χ2v) is 15.3. The van der Waals surface area contributed by atoms with Gasteiger partial charge in [-0.15, -0.1) is 0 Å². The summed E-state index contributed by atoms with van der Waals surface area (Å²) in [4.78, 5) is 0. The highest BCUT2D eigenvalue weighted by molar-refractivity contribution is 7.74. The van der Waals surface area contributed by atoms with Gasteiger partial charge in [-0.25, -0.2) is 0 Å². The quantitative estimate of drug-likeness (QED) is 0.163. The van der Waals surface area contributed by atoms with E-state index in [0.29, 0.717) is 11.3 Å². The lowest BCUT2D eigenvalue weighted by atomic mass is 9.74. The molecule has 0 aliphatic rings. The van der Waals surface area contributed by atoms with E-state index in [-0.39, 0.29) is 5.41 Å². The van der Waals surface area contributed by atoms with Crippen LogP contribution in [0.2, 0.25) is 0 Å². The lowest BCUT2D eigenvalue weighted by Gasteiger charge is -2.50. The molecular formula is C35H42P2. The van der Waals surface area contributed by atoms with Crippen molar-refractivity contribution in [1.82, 2.24) is 0 Å². The van der Waals surface area contributed by atoms with Crippen molar-refractivity contribution >= 4 is 37.1 Å². The second-order valence-electron chi connectivity index (χ2n) is 10.2. The molecular weight excluding hydrogens is 482 g/mol. The minimum atomic E-state index is -0.508. The van der Waals surface area contributed by atoms with Crippen LogP contribution in [0.3, 0.4) is 0 Å². The summed E-state index contributed by atoms with van der Waals surface area (Å²) in [5.74, 6) is 0. The zero-order chi connectivity index (χ0) is 26.1. The van der Waals surface area contributed by atoms with Crippen LogP contribution in [0.1, 0.15) is 53.4 Å². The molecule has 0 aliphatic heterocycles. The zero-order valence-corrected chi connectivity index (χ0v) is 24.7. The second kappa shape index (κ2) is 13.5. The van der Waals surface area contributed by atoms with Gasteiger partial charge in [0.25, 0.3) is 0 Å². The molecule has 0 saturated carbocycles. The van der Waals surface area contributed by atoms with Crippen LogP contribution in [0, 0.1) is 5.41 Å². The van der Waals surface area contributed by atoms with Crippen LogP contribution >= 0.6 is 15.8 Å². The van der Waals surface area contributed by atoms with Gasteiger partial charge in [-0.05, 0) is 66.6 Å². The van der Waals surface area contributed by atoms with Gasteiger partial charge in [0.05, 0.1) is 0 Å². The maximum absolute atomic E-state index is 2.59. The van der Waals surface area contributed by atoms with Crippen molar-refractivity contribution in [3.63, 3.8) is 0 Å². The molecule has 0 saturated heterocycles. The van der Waals surface area contributed by atoms with Crippen molar-refractivity contribution in [2.75, 3.05) is 0 Å². The third-order valence-electron chi connectivity index (χ3n) is 8.01. The van der Waals surface area contributed by atoms with Gasteiger partial charge in [0, 0.05) is 0 Å². The number of hydrogen-bond donors (Lipinski definition) is 0. The molecule has 0 N–H and O–H groups in total. The Balaban J connectivity index is 1.89. The van der Waals surface area contributed by atoms with E-state index >= 15 is 0 Å². The van der Waals surface area contributed by atoms with Crippen LogP contribution in [0.15, 0.2) is 121 Å². The molecule has 2 atom stereocenters. The first kappa shape index (κ1) is 27.8. The zero-order valence-electron chi connectivity index (χ0n) is 22.9. The normalized spacial score (nSPS) is 13.6. The maximum atomic E-state index is 2.59. The van der Waals surface area contributed by atoms with Crippen molar-refractivity contribution < 1.29 is 0 Å². The Labute approximate surface area is 228 Å². The van der Waals surface area contributed by atoms with Crippen molar-refractivity contribution in [1.29, 1.82) is 0 Å². The topological polar surface area (TPSA) is 0 Å². The highest BCUT2D eigenvalue weighted by atomic mass is 31.1. The van der Waals surface area contributed by atoms with E-state index in [1.807, 2.05) is 0 Å². The van der Waals surface area contributed by atoms with Crippen LogP contribution in [0.5, 0.6) is 0 Å². The fraction of sp³-hybridized carbons (Fsp3) is 0.314. The summed E-state index contributed by atoms with van der Waals surface area (Å²) in [5, 5.41) is 6.01. The summed E-state index contributed by atoms with van der Waals surface area (Å²) in [5.41, 5.74) is 1.34. The average Bonchev–Trinajstić information content (AvgIpc) is 2.95. The van der Waals surface area contributed by atoms with Gasteiger partial charge in [0.2, 0.25) is 0 Å². The Morgan fingerprint density at radius 2 is 0.703 bits per heavy atom. The SMILES string of the molecule is CCCC(CCC)(C(C)P(c1ccccc1)c1ccccc1)C(C)P(c1ccccc1)c1ccccc1. The van der Waals surface area contributed by atoms with Crippen LogP contribution < -0.4 is 21.2 Å². The Kier molecular flexibility index (Phi) is 10.1. The molecule has 0 spiro atoms. The minimum Gasteiger partial charge on any atom is -0.0654 e. The molecule has 37 heavy (non-hydrogen) atoms. The van der Waals surface area contributed by atoms with Gasteiger partial charge in [-0.2, -0.15) is 0 Å². The summed E-state index contributed by atoms with van der Waals surface area (Å²) in [6.07, 6.45) is 4.96. The number of benzene rings is 4.